The molecule has 1 aliphatic rings. The fraction of sp³-hybridized carbons (Fsp3) is 0.368. The van der Waals surface area contributed by atoms with E-state index in [1.807, 2.05) is 36.9 Å². The first-order valence-electron chi connectivity index (χ1n) is 8.57. The first-order valence-corrected chi connectivity index (χ1v) is 8.57. The van der Waals surface area contributed by atoms with E-state index in [1.165, 1.54) is 6.08 Å². The number of ether oxygens (including phenoxy) is 1. The molecule has 0 unspecified atom stereocenters. The maximum atomic E-state index is 9.18. The van der Waals surface area contributed by atoms with E-state index in [4.69, 9.17) is 15.9 Å². The lowest BCUT2D eigenvalue weighted by Gasteiger charge is -2.23. The Kier molecular flexibility index (Phi) is 6.94. The van der Waals surface area contributed by atoms with Gasteiger partial charge in [-0.25, -0.2) is 4.99 Å². The van der Waals surface area contributed by atoms with Crippen molar-refractivity contribution in [2.75, 3.05) is 37.8 Å². The van der Waals surface area contributed by atoms with Crippen LogP contribution in [-0.2, 0) is 4.74 Å². The van der Waals surface area contributed by atoms with Crippen LogP contribution in [0.2, 0.25) is 0 Å². The Labute approximate surface area is 153 Å². The molecule has 0 saturated heterocycles. The van der Waals surface area contributed by atoms with E-state index in [1.54, 1.807) is 6.08 Å². The minimum absolute atomic E-state index is 0.0129. The predicted octanol–water partition coefficient (Wildman–Crippen LogP) is 1.65. The van der Waals surface area contributed by atoms with Crippen LogP contribution in [0, 0.1) is 12.3 Å². The van der Waals surface area contributed by atoms with Crippen molar-refractivity contribution in [2.24, 2.45) is 10.7 Å². The number of aryl methyl sites for hydroxylation is 1. The van der Waals surface area contributed by atoms with Gasteiger partial charge in [-0.2, -0.15) is 0 Å². The largest absolute Gasteiger partial charge is 0.492 e. The lowest BCUT2D eigenvalue weighted by Crippen LogP contribution is -2.29. The Balaban J connectivity index is 2.32. The minimum Gasteiger partial charge on any atom is -0.492 e. The number of rotatable bonds is 8. The second kappa shape index (κ2) is 9.17. The topological polar surface area (TPSA) is 115 Å². The highest BCUT2D eigenvalue weighted by Gasteiger charge is 2.16. The molecular formula is C19H26N4O3. The maximum Gasteiger partial charge on any atom is 0.144 e. The van der Waals surface area contributed by atoms with Gasteiger partial charge >= 0.3 is 0 Å². The van der Waals surface area contributed by atoms with E-state index in [2.05, 4.69) is 4.99 Å². The molecule has 5 N–H and O–H groups in total. The van der Waals surface area contributed by atoms with Gasteiger partial charge in [-0.3, -0.25) is 5.41 Å². The highest BCUT2D eigenvalue weighted by Crippen LogP contribution is 2.26. The Hall–Kier alpha value is -2.64. The molecule has 26 heavy (non-hydrogen) atoms. The molecule has 7 heteroatoms. The van der Waals surface area contributed by atoms with Crippen LogP contribution in [0.3, 0.4) is 0 Å². The standard InChI is InChI=1S/C19H26N4O3/c1-3-26-19-12-18(15(20)11-16(19)21)22-17-5-4-14(10-13(17)2)23(6-8-24)7-9-25/h4-5,10-12,20,24-25H,3,6-9,21H2,1-2H3. The zero-order valence-corrected chi connectivity index (χ0v) is 15.2. The Morgan fingerprint density at radius 2 is 1.88 bits per heavy atom. The fourth-order valence-corrected chi connectivity index (χ4v) is 2.66. The number of anilines is 1. The van der Waals surface area contributed by atoms with Crippen LogP contribution in [0.15, 0.2) is 46.8 Å². The van der Waals surface area contributed by atoms with Crippen molar-refractivity contribution in [1.82, 2.24) is 0 Å². The fourth-order valence-electron chi connectivity index (χ4n) is 2.66. The third-order valence-electron chi connectivity index (χ3n) is 3.95. The average molecular weight is 358 g/mol. The summed E-state index contributed by atoms with van der Waals surface area (Å²) in [6.45, 7) is 5.21. The summed E-state index contributed by atoms with van der Waals surface area (Å²) in [7, 11) is 0. The second-order valence-corrected chi connectivity index (χ2v) is 5.86. The van der Waals surface area contributed by atoms with E-state index >= 15 is 0 Å². The molecule has 0 heterocycles. The lowest BCUT2D eigenvalue weighted by molar-refractivity contribution is 0.237. The van der Waals surface area contributed by atoms with Crippen molar-refractivity contribution < 1.29 is 14.9 Å². The summed E-state index contributed by atoms with van der Waals surface area (Å²) >= 11 is 0. The van der Waals surface area contributed by atoms with Crippen molar-refractivity contribution >= 4 is 22.8 Å². The molecule has 1 aliphatic carbocycles. The van der Waals surface area contributed by atoms with Crippen LogP contribution in [0.4, 0.5) is 11.4 Å². The van der Waals surface area contributed by atoms with Crippen LogP contribution in [0.5, 0.6) is 0 Å². The number of nitrogens with one attached hydrogen (secondary N) is 1. The normalized spacial score (nSPS) is 15.7. The minimum atomic E-state index is 0.0129. The molecule has 0 amide bonds. The van der Waals surface area contributed by atoms with Gasteiger partial charge in [0.25, 0.3) is 0 Å². The number of aliphatic hydroxyl groups excluding tert-OH is 2. The van der Waals surface area contributed by atoms with Crippen molar-refractivity contribution in [3.63, 3.8) is 0 Å². The van der Waals surface area contributed by atoms with E-state index < -0.39 is 0 Å². The number of aliphatic hydroxyl groups is 2. The summed E-state index contributed by atoms with van der Waals surface area (Å²) in [6, 6.07) is 5.71. The van der Waals surface area contributed by atoms with Crippen molar-refractivity contribution in [3.05, 3.63) is 47.4 Å². The maximum absolute atomic E-state index is 9.18. The van der Waals surface area contributed by atoms with Gasteiger partial charge < -0.3 is 25.6 Å². The van der Waals surface area contributed by atoms with Gasteiger partial charge in [0, 0.05) is 24.9 Å². The highest BCUT2D eigenvalue weighted by atomic mass is 16.5. The molecule has 0 fully saturated rings. The number of allylic oxidation sites excluding steroid dienone is 2. The molecule has 0 spiro atoms. The molecule has 0 saturated carbocycles. The molecule has 1 aromatic carbocycles. The summed E-state index contributed by atoms with van der Waals surface area (Å²) in [4.78, 5) is 6.48. The van der Waals surface area contributed by atoms with Gasteiger partial charge in [0.15, 0.2) is 0 Å². The summed E-state index contributed by atoms with van der Waals surface area (Å²) in [5.74, 6) is 0.522. The molecule has 0 aromatic heterocycles. The number of hydrogen-bond donors (Lipinski definition) is 4. The molecule has 140 valence electrons. The van der Waals surface area contributed by atoms with Gasteiger partial charge in [0.1, 0.15) is 5.76 Å². The van der Waals surface area contributed by atoms with Crippen LogP contribution < -0.4 is 10.6 Å². The van der Waals surface area contributed by atoms with Gasteiger partial charge in [-0.15, -0.1) is 0 Å². The van der Waals surface area contributed by atoms with Crippen molar-refractivity contribution in [3.8, 4) is 0 Å². The van der Waals surface area contributed by atoms with E-state index in [0.717, 1.165) is 16.9 Å². The zero-order chi connectivity index (χ0) is 19.1. The molecule has 0 atom stereocenters. The highest BCUT2D eigenvalue weighted by molar-refractivity contribution is 6.50. The quantitative estimate of drug-likeness (QED) is 0.528. The number of nitrogens with two attached hydrogens (primary N) is 1. The van der Waals surface area contributed by atoms with Gasteiger partial charge in [-0.1, -0.05) is 0 Å². The number of aliphatic imine (C=N–C) groups is 1. The summed E-state index contributed by atoms with van der Waals surface area (Å²) in [5.41, 5.74) is 9.59. The first-order chi connectivity index (χ1) is 12.5. The van der Waals surface area contributed by atoms with E-state index in [-0.39, 0.29) is 18.9 Å². The molecule has 0 bridgehead atoms. The number of nitrogens with zero attached hydrogens (tertiary/aromatic N) is 2. The zero-order valence-electron chi connectivity index (χ0n) is 15.2. The predicted molar refractivity (Wildman–Crippen MR) is 104 cm³/mol. The van der Waals surface area contributed by atoms with Gasteiger partial charge in [0.2, 0.25) is 0 Å². The van der Waals surface area contributed by atoms with Crippen LogP contribution >= 0.6 is 0 Å². The molecule has 7 nitrogen and oxygen atoms in total. The molecule has 0 radical (unpaired) electrons. The Bertz CT molecular complexity index is 747. The molecule has 2 rings (SSSR count). The van der Waals surface area contributed by atoms with Gasteiger partial charge in [-0.05, 0) is 43.7 Å². The van der Waals surface area contributed by atoms with Crippen LogP contribution in [-0.4, -0.2) is 54.5 Å². The van der Waals surface area contributed by atoms with Crippen molar-refractivity contribution in [1.29, 1.82) is 5.41 Å². The Morgan fingerprint density at radius 3 is 2.46 bits per heavy atom. The SMILES string of the molecule is CCOC1=CC(=Nc2ccc(N(CCO)CCO)cc2C)C(=N)C=C1N. The number of hydrogen-bond acceptors (Lipinski definition) is 7. The smallest absolute Gasteiger partial charge is 0.144 e. The van der Waals surface area contributed by atoms with Crippen LogP contribution in [0.25, 0.3) is 0 Å². The first kappa shape index (κ1) is 19.7. The van der Waals surface area contributed by atoms with Crippen LogP contribution in [0.1, 0.15) is 12.5 Å². The monoisotopic (exact) mass is 358 g/mol. The third kappa shape index (κ3) is 4.71. The Morgan fingerprint density at radius 1 is 1.19 bits per heavy atom. The summed E-state index contributed by atoms with van der Waals surface area (Å²) in [6.07, 6.45) is 3.22. The van der Waals surface area contributed by atoms with Gasteiger partial charge in [0.05, 0.1) is 42.6 Å². The third-order valence-corrected chi connectivity index (χ3v) is 3.95. The molecule has 0 aliphatic heterocycles. The van der Waals surface area contributed by atoms with E-state index in [0.29, 0.717) is 36.9 Å². The molecule has 1 aromatic rings. The van der Waals surface area contributed by atoms with Crippen molar-refractivity contribution in [2.45, 2.75) is 13.8 Å². The average Bonchev–Trinajstić information content (AvgIpc) is 2.60. The summed E-state index contributed by atoms with van der Waals surface area (Å²) in [5, 5.41) is 26.4. The molecular weight excluding hydrogens is 332 g/mol. The second-order valence-electron chi connectivity index (χ2n) is 5.86. The number of benzene rings is 1. The lowest BCUT2D eigenvalue weighted by atomic mass is 10.1. The summed E-state index contributed by atoms with van der Waals surface area (Å²) < 4.78 is 5.48. The van der Waals surface area contributed by atoms with E-state index in [9.17, 15) is 10.2 Å².